The van der Waals surface area contributed by atoms with E-state index in [4.69, 9.17) is 5.73 Å². The molecule has 4 heteroatoms. The van der Waals surface area contributed by atoms with Crippen molar-refractivity contribution in [1.82, 2.24) is 0 Å². The lowest BCUT2D eigenvalue weighted by Crippen LogP contribution is -2.14. The second-order valence-corrected chi connectivity index (χ2v) is 4.09. The standard InChI is InChI=1S/C10H8BrNO2/c11-7-3-1-6(10(12)14)5-2-4-8(13)9(5)7/h1,3H,2,4H2,(H2,12,14). The van der Waals surface area contributed by atoms with Crippen molar-refractivity contribution in [2.45, 2.75) is 12.8 Å². The highest BCUT2D eigenvalue weighted by Gasteiger charge is 2.26. The number of ketones is 1. The van der Waals surface area contributed by atoms with Gasteiger partial charge in [-0.25, -0.2) is 0 Å². The summed E-state index contributed by atoms with van der Waals surface area (Å²) in [5, 5.41) is 0. The molecule has 14 heavy (non-hydrogen) atoms. The molecule has 1 aliphatic carbocycles. The summed E-state index contributed by atoms with van der Waals surface area (Å²) in [4.78, 5) is 22.6. The number of carbonyl (C=O) groups excluding carboxylic acids is 2. The van der Waals surface area contributed by atoms with Gasteiger partial charge in [-0.2, -0.15) is 0 Å². The van der Waals surface area contributed by atoms with Gasteiger partial charge in [0.1, 0.15) is 0 Å². The highest BCUT2D eigenvalue weighted by atomic mass is 79.9. The van der Waals surface area contributed by atoms with Crippen molar-refractivity contribution < 1.29 is 9.59 Å². The molecule has 1 aliphatic rings. The van der Waals surface area contributed by atoms with Gasteiger partial charge in [0.15, 0.2) is 5.78 Å². The third kappa shape index (κ3) is 1.26. The van der Waals surface area contributed by atoms with E-state index in [0.717, 1.165) is 10.0 Å². The van der Waals surface area contributed by atoms with E-state index in [9.17, 15) is 9.59 Å². The highest BCUT2D eigenvalue weighted by molar-refractivity contribution is 9.10. The lowest BCUT2D eigenvalue weighted by Gasteiger charge is -2.05. The molecule has 0 atom stereocenters. The number of fused-ring (bicyclic) bond motifs is 1. The molecular formula is C10H8BrNO2. The summed E-state index contributed by atoms with van der Waals surface area (Å²) >= 11 is 3.30. The summed E-state index contributed by atoms with van der Waals surface area (Å²) in [6.07, 6.45) is 1.09. The molecule has 0 bridgehead atoms. The summed E-state index contributed by atoms with van der Waals surface area (Å²) < 4.78 is 0.750. The Hall–Kier alpha value is -1.16. The van der Waals surface area contributed by atoms with Crippen LogP contribution in [0.1, 0.15) is 32.7 Å². The topological polar surface area (TPSA) is 60.2 Å². The van der Waals surface area contributed by atoms with Crippen LogP contribution in [0.5, 0.6) is 0 Å². The van der Waals surface area contributed by atoms with Gasteiger partial charge in [0.2, 0.25) is 5.91 Å². The first-order valence-corrected chi connectivity index (χ1v) is 5.05. The number of primary amides is 1. The summed E-state index contributed by atoms with van der Waals surface area (Å²) in [7, 11) is 0. The van der Waals surface area contributed by atoms with Crippen molar-refractivity contribution in [2.75, 3.05) is 0 Å². The average molecular weight is 254 g/mol. The van der Waals surface area contributed by atoms with E-state index in [2.05, 4.69) is 15.9 Å². The van der Waals surface area contributed by atoms with Crippen molar-refractivity contribution in [2.24, 2.45) is 5.73 Å². The maximum absolute atomic E-state index is 11.5. The fourth-order valence-corrected chi connectivity index (χ4v) is 2.37. The van der Waals surface area contributed by atoms with E-state index in [0.29, 0.717) is 24.0 Å². The number of hydrogen-bond acceptors (Lipinski definition) is 2. The fraction of sp³-hybridized carbons (Fsp3) is 0.200. The minimum Gasteiger partial charge on any atom is -0.366 e. The monoisotopic (exact) mass is 253 g/mol. The SMILES string of the molecule is NC(=O)c1ccc(Br)c2c1CCC2=O. The highest BCUT2D eigenvalue weighted by Crippen LogP contribution is 2.31. The lowest BCUT2D eigenvalue weighted by molar-refractivity contribution is 0.0989. The molecule has 0 saturated heterocycles. The van der Waals surface area contributed by atoms with Crippen molar-refractivity contribution in [1.29, 1.82) is 0 Å². The normalized spacial score (nSPS) is 14.2. The van der Waals surface area contributed by atoms with Gasteiger partial charge in [0.05, 0.1) is 0 Å². The van der Waals surface area contributed by atoms with Crippen molar-refractivity contribution in [3.8, 4) is 0 Å². The maximum atomic E-state index is 11.5. The molecular weight excluding hydrogens is 246 g/mol. The smallest absolute Gasteiger partial charge is 0.249 e. The van der Waals surface area contributed by atoms with Gasteiger partial charge in [-0.3, -0.25) is 9.59 Å². The zero-order chi connectivity index (χ0) is 10.3. The summed E-state index contributed by atoms with van der Waals surface area (Å²) in [6, 6.07) is 3.35. The molecule has 1 aromatic carbocycles. The molecule has 0 fully saturated rings. The van der Waals surface area contributed by atoms with Crippen molar-refractivity contribution >= 4 is 27.6 Å². The number of rotatable bonds is 1. The van der Waals surface area contributed by atoms with Crippen LogP contribution < -0.4 is 5.73 Å². The summed E-state index contributed by atoms with van der Waals surface area (Å²) in [5.41, 5.74) is 7.10. The van der Waals surface area contributed by atoms with Crippen LogP contribution in [-0.2, 0) is 6.42 Å². The van der Waals surface area contributed by atoms with Crippen LogP contribution in [0.2, 0.25) is 0 Å². The molecule has 0 saturated carbocycles. The minimum absolute atomic E-state index is 0.0787. The predicted molar refractivity (Wildman–Crippen MR) is 55.3 cm³/mol. The Morgan fingerprint density at radius 1 is 1.36 bits per heavy atom. The molecule has 0 heterocycles. The Labute approximate surface area is 89.4 Å². The van der Waals surface area contributed by atoms with Gasteiger partial charge in [-0.05, 0) is 24.1 Å². The van der Waals surface area contributed by atoms with Gasteiger partial charge in [-0.15, -0.1) is 0 Å². The molecule has 1 aromatic rings. The van der Waals surface area contributed by atoms with E-state index in [1.807, 2.05) is 0 Å². The summed E-state index contributed by atoms with van der Waals surface area (Å²) in [6.45, 7) is 0. The van der Waals surface area contributed by atoms with Gasteiger partial charge in [-0.1, -0.05) is 15.9 Å². The molecule has 72 valence electrons. The largest absolute Gasteiger partial charge is 0.366 e. The van der Waals surface area contributed by atoms with Gasteiger partial charge >= 0.3 is 0 Å². The van der Waals surface area contributed by atoms with Gasteiger partial charge in [0.25, 0.3) is 0 Å². The Kier molecular flexibility index (Phi) is 2.15. The van der Waals surface area contributed by atoms with Crippen LogP contribution in [0.15, 0.2) is 16.6 Å². The number of nitrogens with two attached hydrogens (primary N) is 1. The predicted octanol–water partition coefficient (Wildman–Crippen LogP) is 1.68. The minimum atomic E-state index is -0.469. The van der Waals surface area contributed by atoms with E-state index in [1.165, 1.54) is 0 Å². The van der Waals surface area contributed by atoms with Crippen LogP contribution >= 0.6 is 15.9 Å². The van der Waals surface area contributed by atoms with E-state index in [1.54, 1.807) is 12.1 Å². The first-order chi connectivity index (χ1) is 6.61. The molecule has 3 nitrogen and oxygen atoms in total. The molecule has 0 spiro atoms. The number of Topliss-reactive ketones (excluding diaryl/α,β-unsaturated/α-hetero) is 1. The molecule has 0 aliphatic heterocycles. The Balaban J connectivity index is 2.70. The molecule has 0 aromatic heterocycles. The number of amides is 1. The molecule has 2 rings (SSSR count). The third-order valence-electron chi connectivity index (χ3n) is 2.41. The van der Waals surface area contributed by atoms with Crippen LogP contribution in [0.25, 0.3) is 0 Å². The molecule has 0 unspecified atom stereocenters. The zero-order valence-corrected chi connectivity index (χ0v) is 8.93. The Morgan fingerprint density at radius 3 is 2.71 bits per heavy atom. The molecule has 0 radical (unpaired) electrons. The first kappa shape index (κ1) is 9.40. The molecule has 2 N–H and O–H groups in total. The summed E-state index contributed by atoms with van der Waals surface area (Å²) in [5.74, 6) is -0.390. The van der Waals surface area contributed by atoms with Crippen LogP contribution in [0, 0.1) is 0 Å². The van der Waals surface area contributed by atoms with Gasteiger partial charge < -0.3 is 5.73 Å². The third-order valence-corrected chi connectivity index (χ3v) is 3.07. The molecule has 1 amide bonds. The van der Waals surface area contributed by atoms with Crippen molar-refractivity contribution in [3.05, 3.63) is 33.3 Å². The van der Waals surface area contributed by atoms with Crippen LogP contribution in [-0.4, -0.2) is 11.7 Å². The lowest BCUT2D eigenvalue weighted by atomic mass is 10.0. The Bertz CT molecular complexity index is 440. The van der Waals surface area contributed by atoms with E-state index < -0.39 is 5.91 Å². The average Bonchev–Trinajstić information content (AvgIpc) is 2.49. The maximum Gasteiger partial charge on any atom is 0.249 e. The zero-order valence-electron chi connectivity index (χ0n) is 7.34. The van der Waals surface area contributed by atoms with E-state index >= 15 is 0 Å². The number of carbonyl (C=O) groups is 2. The fourth-order valence-electron chi connectivity index (χ4n) is 1.77. The number of halogens is 1. The second kappa shape index (κ2) is 3.20. The number of benzene rings is 1. The van der Waals surface area contributed by atoms with Crippen molar-refractivity contribution in [3.63, 3.8) is 0 Å². The van der Waals surface area contributed by atoms with Gasteiger partial charge in [0, 0.05) is 22.0 Å². The Morgan fingerprint density at radius 2 is 2.07 bits per heavy atom. The van der Waals surface area contributed by atoms with Crippen LogP contribution in [0.3, 0.4) is 0 Å². The first-order valence-electron chi connectivity index (χ1n) is 4.25. The quantitative estimate of drug-likeness (QED) is 0.828. The van der Waals surface area contributed by atoms with E-state index in [-0.39, 0.29) is 5.78 Å². The van der Waals surface area contributed by atoms with Crippen LogP contribution in [0.4, 0.5) is 0 Å². The second-order valence-electron chi connectivity index (χ2n) is 3.24. The number of hydrogen-bond donors (Lipinski definition) is 1.